The van der Waals surface area contributed by atoms with Gasteiger partial charge in [-0.1, -0.05) is 11.6 Å². The average Bonchev–Trinajstić information content (AvgIpc) is 2.44. The molecule has 0 saturated carbocycles. The molecule has 0 atom stereocenters. The van der Waals surface area contributed by atoms with Crippen LogP contribution in [0.3, 0.4) is 0 Å². The summed E-state index contributed by atoms with van der Waals surface area (Å²) >= 11 is 6.29. The van der Waals surface area contributed by atoms with E-state index in [1.54, 1.807) is 0 Å². The van der Waals surface area contributed by atoms with E-state index in [0.29, 0.717) is 13.2 Å². The lowest BCUT2D eigenvalue weighted by Crippen LogP contribution is -2.43. The van der Waals surface area contributed by atoms with Crippen molar-refractivity contribution < 1.29 is 9.47 Å². The molecule has 2 aliphatic heterocycles. The summed E-state index contributed by atoms with van der Waals surface area (Å²) in [5.41, 5.74) is 2.02. The Balaban J connectivity index is 0.00000133. The summed E-state index contributed by atoms with van der Waals surface area (Å²) < 4.78 is 11.5. The first-order valence-corrected chi connectivity index (χ1v) is 6.69. The van der Waals surface area contributed by atoms with Gasteiger partial charge in [0.25, 0.3) is 0 Å². The van der Waals surface area contributed by atoms with E-state index in [-0.39, 0.29) is 12.4 Å². The van der Waals surface area contributed by atoms with Crippen LogP contribution in [-0.4, -0.2) is 39.4 Å². The first-order valence-electron chi connectivity index (χ1n) is 6.32. The van der Waals surface area contributed by atoms with E-state index in [1.807, 2.05) is 13.0 Å². The molecule has 2 heterocycles. The van der Waals surface area contributed by atoms with E-state index in [4.69, 9.17) is 21.1 Å². The fourth-order valence-electron chi connectivity index (χ4n) is 2.43. The maximum absolute atomic E-state index is 6.29. The van der Waals surface area contributed by atoms with Crippen LogP contribution in [0.4, 0.5) is 5.69 Å². The molecule has 0 amide bonds. The highest BCUT2D eigenvalue weighted by atomic mass is 35.5. The van der Waals surface area contributed by atoms with Gasteiger partial charge in [0.05, 0.1) is 5.69 Å². The van der Waals surface area contributed by atoms with Crippen molar-refractivity contribution >= 4 is 29.7 Å². The van der Waals surface area contributed by atoms with E-state index in [0.717, 1.165) is 54.0 Å². The van der Waals surface area contributed by atoms with Gasteiger partial charge in [-0.2, -0.15) is 0 Å². The van der Waals surface area contributed by atoms with Crippen molar-refractivity contribution in [3.05, 3.63) is 16.7 Å². The van der Waals surface area contributed by atoms with Crippen LogP contribution in [0, 0.1) is 6.92 Å². The fraction of sp³-hybridized carbons (Fsp3) is 0.538. The summed E-state index contributed by atoms with van der Waals surface area (Å²) in [6.07, 6.45) is 0. The van der Waals surface area contributed by atoms with Gasteiger partial charge in [-0.15, -0.1) is 12.4 Å². The maximum Gasteiger partial charge on any atom is 0.185 e. The highest BCUT2D eigenvalue weighted by Crippen LogP contribution is 2.45. The normalized spacial score (nSPS) is 17.9. The number of piperazine rings is 1. The van der Waals surface area contributed by atoms with Gasteiger partial charge in [0, 0.05) is 36.8 Å². The van der Waals surface area contributed by atoms with Gasteiger partial charge in [0.1, 0.15) is 13.2 Å². The summed E-state index contributed by atoms with van der Waals surface area (Å²) in [5, 5.41) is 4.09. The molecule has 19 heavy (non-hydrogen) atoms. The zero-order valence-corrected chi connectivity index (χ0v) is 12.4. The van der Waals surface area contributed by atoms with E-state index in [1.165, 1.54) is 0 Å². The van der Waals surface area contributed by atoms with E-state index in [9.17, 15) is 0 Å². The number of hydrogen-bond acceptors (Lipinski definition) is 4. The highest BCUT2D eigenvalue weighted by Gasteiger charge is 2.24. The van der Waals surface area contributed by atoms with E-state index in [2.05, 4.69) is 10.2 Å². The molecule has 106 valence electrons. The number of hydrogen-bond donors (Lipinski definition) is 1. The Morgan fingerprint density at radius 2 is 1.79 bits per heavy atom. The minimum absolute atomic E-state index is 0. The van der Waals surface area contributed by atoms with Crippen LogP contribution in [0.15, 0.2) is 6.07 Å². The van der Waals surface area contributed by atoms with Crippen LogP contribution in [0.25, 0.3) is 0 Å². The van der Waals surface area contributed by atoms with Crippen molar-refractivity contribution in [1.82, 2.24) is 5.32 Å². The number of ether oxygens (including phenoxy) is 2. The predicted octanol–water partition coefficient (Wildman–Crippen LogP) is 2.25. The van der Waals surface area contributed by atoms with Gasteiger partial charge in [-0.3, -0.25) is 0 Å². The molecule has 1 aromatic carbocycles. The molecule has 1 aromatic rings. The number of benzene rings is 1. The largest absolute Gasteiger partial charge is 0.486 e. The van der Waals surface area contributed by atoms with Gasteiger partial charge in [-0.05, 0) is 13.0 Å². The van der Waals surface area contributed by atoms with Crippen LogP contribution in [0.2, 0.25) is 5.02 Å². The van der Waals surface area contributed by atoms with Crippen molar-refractivity contribution in [3.8, 4) is 11.5 Å². The van der Waals surface area contributed by atoms with Crippen LogP contribution < -0.4 is 19.7 Å². The summed E-state index contributed by atoms with van der Waals surface area (Å²) in [7, 11) is 0. The smallest absolute Gasteiger partial charge is 0.185 e. The Morgan fingerprint density at radius 1 is 1.16 bits per heavy atom. The number of anilines is 1. The van der Waals surface area contributed by atoms with Gasteiger partial charge in [0.15, 0.2) is 11.5 Å². The third-order valence-corrected chi connectivity index (χ3v) is 3.83. The van der Waals surface area contributed by atoms with E-state index < -0.39 is 0 Å². The Bertz CT molecular complexity index is 462. The van der Waals surface area contributed by atoms with Crippen LogP contribution in [0.5, 0.6) is 11.5 Å². The molecule has 0 unspecified atom stereocenters. The number of halogens is 2. The molecule has 1 saturated heterocycles. The second-order valence-electron chi connectivity index (χ2n) is 4.59. The Labute approximate surface area is 124 Å². The molecule has 6 heteroatoms. The lowest BCUT2D eigenvalue weighted by atomic mass is 10.1. The minimum atomic E-state index is 0. The molecule has 2 aliphatic rings. The average molecular weight is 305 g/mol. The van der Waals surface area contributed by atoms with Crippen molar-refractivity contribution in [2.24, 2.45) is 0 Å². The van der Waals surface area contributed by atoms with Gasteiger partial charge >= 0.3 is 0 Å². The maximum atomic E-state index is 6.29. The SMILES string of the molecule is Cc1c(Cl)cc(N2CCNCC2)c2c1OCCO2.Cl. The molecule has 0 bridgehead atoms. The molecule has 0 aromatic heterocycles. The number of rotatable bonds is 1. The molecular weight excluding hydrogens is 287 g/mol. The summed E-state index contributed by atoms with van der Waals surface area (Å²) in [6, 6.07) is 2.00. The topological polar surface area (TPSA) is 33.7 Å². The van der Waals surface area contributed by atoms with Gasteiger partial charge < -0.3 is 19.7 Å². The summed E-state index contributed by atoms with van der Waals surface area (Å²) in [5.74, 6) is 1.66. The molecule has 0 spiro atoms. The zero-order chi connectivity index (χ0) is 12.5. The third-order valence-electron chi connectivity index (χ3n) is 3.43. The van der Waals surface area contributed by atoms with Crippen LogP contribution >= 0.6 is 24.0 Å². The quantitative estimate of drug-likeness (QED) is 0.863. The van der Waals surface area contributed by atoms with Crippen molar-refractivity contribution in [2.75, 3.05) is 44.3 Å². The van der Waals surface area contributed by atoms with Crippen LogP contribution in [-0.2, 0) is 0 Å². The molecule has 1 fully saturated rings. The lowest BCUT2D eigenvalue weighted by Gasteiger charge is -2.33. The van der Waals surface area contributed by atoms with Crippen LogP contribution in [0.1, 0.15) is 5.56 Å². The predicted molar refractivity (Wildman–Crippen MR) is 79.5 cm³/mol. The van der Waals surface area contributed by atoms with Gasteiger partial charge in [0.2, 0.25) is 0 Å². The van der Waals surface area contributed by atoms with Gasteiger partial charge in [-0.25, -0.2) is 0 Å². The van der Waals surface area contributed by atoms with Crippen molar-refractivity contribution in [3.63, 3.8) is 0 Å². The second kappa shape index (κ2) is 6.07. The molecule has 0 aliphatic carbocycles. The molecule has 4 nitrogen and oxygen atoms in total. The standard InChI is InChI=1S/C13H17ClN2O2.ClH/c1-9-10(14)8-11(16-4-2-15-3-5-16)13-12(9)17-6-7-18-13;/h8,15H,2-7H2,1H3;1H. The van der Waals surface area contributed by atoms with Crippen molar-refractivity contribution in [2.45, 2.75) is 6.92 Å². The number of fused-ring (bicyclic) bond motifs is 1. The first kappa shape index (κ1) is 14.6. The highest BCUT2D eigenvalue weighted by molar-refractivity contribution is 6.32. The number of nitrogens with zero attached hydrogens (tertiary/aromatic N) is 1. The minimum Gasteiger partial charge on any atom is -0.486 e. The molecule has 3 rings (SSSR count). The zero-order valence-electron chi connectivity index (χ0n) is 10.9. The Morgan fingerprint density at radius 3 is 2.47 bits per heavy atom. The monoisotopic (exact) mass is 304 g/mol. The number of nitrogens with one attached hydrogen (secondary N) is 1. The Hall–Kier alpha value is -0.840. The second-order valence-corrected chi connectivity index (χ2v) is 5.00. The first-order chi connectivity index (χ1) is 8.77. The Kier molecular flexibility index (Phi) is 4.66. The summed E-state index contributed by atoms with van der Waals surface area (Å²) in [6.45, 7) is 7.08. The summed E-state index contributed by atoms with van der Waals surface area (Å²) in [4.78, 5) is 2.30. The van der Waals surface area contributed by atoms with Crippen molar-refractivity contribution in [1.29, 1.82) is 0 Å². The lowest BCUT2D eigenvalue weighted by molar-refractivity contribution is 0.171. The third kappa shape index (κ3) is 2.71. The molecule has 0 radical (unpaired) electrons. The van der Waals surface area contributed by atoms with E-state index >= 15 is 0 Å². The molecule has 1 N–H and O–H groups in total. The fourth-order valence-corrected chi connectivity index (χ4v) is 2.62. The molecular formula is C13H18Cl2N2O2.